The van der Waals surface area contributed by atoms with Crippen LogP contribution in [-0.2, 0) is 21.3 Å². The molecule has 0 bridgehead atoms. The third-order valence-corrected chi connectivity index (χ3v) is 5.16. The van der Waals surface area contributed by atoms with E-state index in [1.165, 1.54) is 12.1 Å². The number of aromatic hydroxyl groups is 2. The number of hydrogen-bond donors (Lipinski definition) is 6. The van der Waals surface area contributed by atoms with E-state index in [9.17, 15) is 28.5 Å². The van der Waals surface area contributed by atoms with Crippen molar-refractivity contribution in [3.05, 3.63) is 46.5 Å². The number of ether oxygens (including phenoxy) is 1. The van der Waals surface area contributed by atoms with Gasteiger partial charge in [-0.25, -0.2) is 0 Å². The minimum absolute atomic E-state index is 0.0572. The Morgan fingerprint density at radius 2 is 1.65 bits per heavy atom. The van der Waals surface area contributed by atoms with Crippen molar-refractivity contribution >= 4 is 21.7 Å². The van der Waals surface area contributed by atoms with Crippen molar-refractivity contribution in [3.8, 4) is 17.2 Å². The van der Waals surface area contributed by atoms with E-state index < -0.39 is 16.2 Å². The lowest BCUT2D eigenvalue weighted by Gasteiger charge is -2.30. The zero-order chi connectivity index (χ0) is 25.8. The van der Waals surface area contributed by atoms with Crippen LogP contribution in [-0.4, -0.2) is 59.1 Å². The molecule has 0 spiro atoms. The summed E-state index contributed by atoms with van der Waals surface area (Å²) in [6.45, 7) is 8.13. The lowest BCUT2D eigenvalue weighted by Crippen LogP contribution is -2.43. The molecule has 2 aromatic rings. The molecule has 1 heterocycles. The number of carbonyl (C=O) groups excluding carboxylic acids is 1. The molecule has 2 aromatic carbocycles. The van der Waals surface area contributed by atoms with E-state index in [0.717, 1.165) is 16.7 Å². The van der Waals surface area contributed by atoms with Crippen LogP contribution in [0.1, 0.15) is 42.2 Å². The molecule has 3 rings (SSSR count). The number of phenolic OH excluding ortho intramolecular Hbond substituents is 2. The summed E-state index contributed by atoms with van der Waals surface area (Å²) >= 11 is 0. The standard InChI is InChI=1S/C22H28N2O5.CH4O3S/c1-12-5-14(25)6-13(2)17(12)9-22(3,4)23-10-19(27)16-7-15(26)8-18-21(16)29-11-20(28)24-18;1-5(2,3)4/h5-8,19,23,25-27H,9-11H2,1-4H3,(H,24,28);1H3,(H,2,3,4). The van der Waals surface area contributed by atoms with Gasteiger partial charge in [0.25, 0.3) is 16.0 Å². The SMILES string of the molecule is CS(=O)(=O)O.Cc1cc(O)cc(C)c1CC(C)(C)NCC(O)c1cc(O)cc2c1OCC(=O)N2. The van der Waals surface area contributed by atoms with Crippen molar-refractivity contribution in [1.29, 1.82) is 0 Å². The van der Waals surface area contributed by atoms with Gasteiger partial charge in [-0.2, -0.15) is 8.42 Å². The minimum atomic E-state index is -3.67. The Bertz CT molecular complexity index is 1130. The highest BCUT2D eigenvalue weighted by molar-refractivity contribution is 7.85. The van der Waals surface area contributed by atoms with Gasteiger partial charge in [-0.1, -0.05) is 0 Å². The maximum Gasteiger partial charge on any atom is 0.262 e. The second-order valence-corrected chi connectivity index (χ2v) is 10.5. The van der Waals surface area contributed by atoms with Crippen molar-refractivity contribution in [3.63, 3.8) is 0 Å². The van der Waals surface area contributed by atoms with Gasteiger partial charge in [0.05, 0.1) is 18.0 Å². The van der Waals surface area contributed by atoms with Gasteiger partial charge in [-0.3, -0.25) is 9.35 Å². The Kier molecular flexibility index (Phi) is 8.54. The molecule has 0 radical (unpaired) electrons. The van der Waals surface area contributed by atoms with Gasteiger partial charge in [0, 0.05) is 23.7 Å². The second kappa shape index (κ2) is 10.6. The van der Waals surface area contributed by atoms with Gasteiger partial charge < -0.3 is 30.7 Å². The van der Waals surface area contributed by atoms with Gasteiger partial charge in [0.1, 0.15) is 17.2 Å². The first kappa shape index (κ1) is 27.4. The quantitative estimate of drug-likeness (QED) is 0.329. The Hall–Kier alpha value is -2.86. The van der Waals surface area contributed by atoms with Crippen LogP contribution in [0.3, 0.4) is 0 Å². The predicted octanol–water partition coefficient (Wildman–Crippen LogP) is 2.19. The molecule has 0 aromatic heterocycles. The van der Waals surface area contributed by atoms with Gasteiger partial charge >= 0.3 is 0 Å². The zero-order valence-corrected chi connectivity index (χ0v) is 20.7. The molecule has 1 aliphatic rings. The normalized spacial score (nSPS) is 14.3. The van der Waals surface area contributed by atoms with E-state index in [4.69, 9.17) is 9.29 Å². The lowest BCUT2D eigenvalue weighted by atomic mass is 9.89. The number of aryl methyl sites for hydroxylation is 2. The summed E-state index contributed by atoms with van der Waals surface area (Å²) in [5, 5.41) is 36.5. The van der Waals surface area contributed by atoms with Crippen LogP contribution in [0.15, 0.2) is 24.3 Å². The Morgan fingerprint density at radius 1 is 1.12 bits per heavy atom. The molecule has 0 aliphatic carbocycles. The number of carbonyl (C=O) groups is 1. The topological polar surface area (TPSA) is 165 Å². The first-order valence-corrected chi connectivity index (χ1v) is 12.3. The van der Waals surface area contributed by atoms with E-state index in [2.05, 4.69) is 10.6 Å². The Morgan fingerprint density at radius 3 is 2.21 bits per heavy atom. The number of aliphatic hydroxyl groups is 1. The number of anilines is 1. The minimum Gasteiger partial charge on any atom is -0.508 e. The van der Waals surface area contributed by atoms with Crippen LogP contribution >= 0.6 is 0 Å². The summed E-state index contributed by atoms with van der Waals surface area (Å²) < 4.78 is 31.3. The molecule has 10 nitrogen and oxygen atoms in total. The van der Waals surface area contributed by atoms with Crippen molar-refractivity contribution in [2.24, 2.45) is 0 Å². The number of amides is 1. The number of β-amino-alcohol motifs (C(OH)–C–C–N with tert-alkyl or cyclic N) is 1. The number of phenols is 2. The van der Waals surface area contributed by atoms with Crippen LogP contribution in [0.4, 0.5) is 5.69 Å². The summed E-state index contributed by atoms with van der Waals surface area (Å²) in [4.78, 5) is 11.5. The van der Waals surface area contributed by atoms with Crippen molar-refractivity contribution in [2.45, 2.75) is 45.8 Å². The molecular formula is C23H32N2O8S. The van der Waals surface area contributed by atoms with Crippen LogP contribution in [0.25, 0.3) is 0 Å². The van der Waals surface area contributed by atoms with E-state index in [0.29, 0.717) is 29.7 Å². The largest absolute Gasteiger partial charge is 0.508 e. The molecule has 1 atom stereocenters. The van der Waals surface area contributed by atoms with Crippen LogP contribution in [0.5, 0.6) is 17.2 Å². The number of rotatable bonds is 6. The molecule has 0 saturated carbocycles. The molecule has 188 valence electrons. The van der Waals surface area contributed by atoms with E-state index in [1.807, 2.05) is 27.7 Å². The fourth-order valence-electron chi connectivity index (χ4n) is 3.70. The number of hydrogen-bond acceptors (Lipinski definition) is 8. The first-order chi connectivity index (χ1) is 15.6. The first-order valence-electron chi connectivity index (χ1n) is 10.5. The lowest BCUT2D eigenvalue weighted by molar-refractivity contribution is -0.118. The molecule has 1 unspecified atom stereocenters. The van der Waals surface area contributed by atoms with Gasteiger partial charge in [-0.15, -0.1) is 0 Å². The highest BCUT2D eigenvalue weighted by Gasteiger charge is 2.26. The maximum absolute atomic E-state index is 11.5. The highest BCUT2D eigenvalue weighted by Crippen LogP contribution is 2.38. The van der Waals surface area contributed by atoms with Crippen molar-refractivity contribution < 1.29 is 37.8 Å². The van der Waals surface area contributed by atoms with E-state index in [1.54, 1.807) is 12.1 Å². The molecule has 11 heteroatoms. The van der Waals surface area contributed by atoms with Crippen molar-refractivity contribution in [1.82, 2.24) is 5.32 Å². The average Bonchev–Trinajstić information content (AvgIpc) is 2.66. The maximum atomic E-state index is 11.5. The van der Waals surface area contributed by atoms with Crippen LogP contribution in [0, 0.1) is 13.8 Å². The third-order valence-electron chi connectivity index (χ3n) is 5.16. The summed E-state index contributed by atoms with van der Waals surface area (Å²) in [7, 11) is -3.67. The molecule has 1 amide bonds. The number of benzene rings is 2. The zero-order valence-electron chi connectivity index (χ0n) is 19.8. The van der Waals surface area contributed by atoms with Gasteiger partial charge in [0.2, 0.25) is 0 Å². The fraction of sp³-hybridized carbons (Fsp3) is 0.435. The summed E-state index contributed by atoms with van der Waals surface area (Å²) in [5.41, 5.74) is 3.62. The number of aliphatic hydroxyl groups excluding tert-OH is 1. The Balaban J connectivity index is 0.000000739. The third kappa shape index (κ3) is 8.17. The monoisotopic (exact) mass is 496 g/mol. The highest BCUT2D eigenvalue weighted by atomic mass is 32.2. The van der Waals surface area contributed by atoms with Crippen molar-refractivity contribution in [2.75, 3.05) is 24.7 Å². The molecule has 1 aliphatic heterocycles. The predicted molar refractivity (Wildman–Crippen MR) is 128 cm³/mol. The molecule has 34 heavy (non-hydrogen) atoms. The number of nitrogens with one attached hydrogen (secondary N) is 2. The summed E-state index contributed by atoms with van der Waals surface area (Å²) in [5.74, 6) is 0.269. The van der Waals surface area contributed by atoms with Gasteiger partial charge in [-0.05, 0) is 69.0 Å². The molecule has 0 saturated heterocycles. The average molecular weight is 497 g/mol. The van der Waals surface area contributed by atoms with Crippen LogP contribution in [0.2, 0.25) is 0 Å². The second-order valence-electron chi connectivity index (χ2n) is 9.00. The van der Waals surface area contributed by atoms with E-state index >= 15 is 0 Å². The number of fused-ring (bicyclic) bond motifs is 1. The molecule has 0 fully saturated rings. The van der Waals surface area contributed by atoms with Crippen LogP contribution < -0.4 is 15.4 Å². The molecule has 6 N–H and O–H groups in total. The molecular weight excluding hydrogens is 464 g/mol. The smallest absolute Gasteiger partial charge is 0.262 e. The summed E-state index contributed by atoms with van der Waals surface area (Å²) in [6.07, 6.45) is 0.488. The van der Waals surface area contributed by atoms with E-state index in [-0.39, 0.29) is 36.1 Å². The summed E-state index contributed by atoms with van der Waals surface area (Å²) in [6, 6.07) is 6.34. The fourth-order valence-corrected chi connectivity index (χ4v) is 3.70. The Labute approximate surface area is 199 Å². The van der Waals surface area contributed by atoms with Gasteiger partial charge in [0.15, 0.2) is 6.61 Å².